The van der Waals surface area contributed by atoms with Crippen LogP contribution in [0.4, 0.5) is 0 Å². The molecule has 6 aromatic rings. The second-order valence-electron chi connectivity index (χ2n) is 8.84. The second-order valence-corrected chi connectivity index (χ2v) is 8.84. The number of rotatable bonds is 5. The van der Waals surface area contributed by atoms with Crippen LogP contribution in [0.5, 0.6) is 11.5 Å². The lowest BCUT2D eigenvalue weighted by molar-refractivity contribution is 0.396. The fourth-order valence-corrected chi connectivity index (χ4v) is 4.65. The van der Waals surface area contributed by atoms with E-state index in [1.54, 1.807) is 38.5 Å². The normalized spacial score (nSPS) is 11.1. The van der Waals surface area contributed by atoms with Crippen molar-refractivity contribution in [1.82, 2.24) is 0 Å². The van der Waals surface area contributed by atoms with E-state index in [2.05, 4.69) is 0 Å². The van der Waals surface area contributed by atoms with Gasteiger partial charge in [0.25, 0.3) is 0 Å². The number of ether oxygens (including phenoxy) is 2. The Morgan fingerprint density at radius 2 is 1.16 bits per heavy atom. The molecule has 0 unspecified atom stereocenters. The second kappa shape index (κ2) is 9.41. The largest absolute Gasteiger partial charge is 0.496 e. The highest BCUT2D eigenvalue weighted by Gasteiger charge is 2.14. The molecule has 0 aliphatic carbocycles. The number of methoxy groups -OCH3 is 2. The summed E-state index contributed by atoms with van der Waals surface area (Å²) in [6.07, 6.45) is 0. The molecule has 6 rings (SSSR count). The van der Waals surface area contributed by atoms with Gasteiger partial charge in [0.05, 0.1) is 30.7 Å². The summed E-state index contributed by atoms with van der Waals surface area (Å²) in [7, 11) is 3.10. The standard InChI is InChI=1S/C32H22O6/c1-35-24-16-29(36-2)27-18-26(32(34)38-30(27)17-24)22-11-6-9-20(14-22)19-8-5-10-21(13-19)25-15-23-7-3-4-12-28(23)37-31(25)33/h3-18H,1-2H3. The molecule has 0 aliphatic heterocycles. The van der Waals surface area contributed by atoms with Crippen molar-refractivity contribution in [3.05, 3.63) is 118 Å². The van der Waals surface area contributed by atoms with Crippen LogP contribution in [0, 0.1) is 0 Å². The van der Waals surface area contributed by atoms with E-state index in [4.69, 9.17) is 18.3 Å². The van der Waals surface area contributed by atoms with Crippen molar-refractivity contribution < 1.29 is 18.3 Å². The minimum atomic E-state index is -0.465. The van der Waals surface area contributed by atoms with Gasteiger partial charge in [-0.1, -0.05) is 54.6 Å². The average Bonchev–Trinajstić information content (AvgIpc) is 2.96. The Morgan fingerprint density at radius 3 is 1.82 bits per heavy atom. The lowest BCUT2D eigenvalue weighted by Gasteiger charge is -2.10. The summed E-state index contributed by atoms with van der Waals surface area (Å²) in [5.74, 6) is 1.08. The molecule has 0 fully saturated rings. The smallest absolute Gasteiger partial charge is 0.344 e. The van der Waals surface area contributed by atoms with Crippen LogP contribution < -0.4 is 20.7 Å². The van der Waals surface area contributed by atoms with Crippen molar-refractivity contribution in [2.45, 2.75) is 0 Å². The maximum Gasteiger partial charge on any atom is 0.344 e. The van der Waals surface area contributed by atoms with Gasteiger partial charge in [-0.3, -0.25) is 0 Å². The molecule has 0 spiro atoms. The molecule has 0 radical (unpaired) electrons. The van der Waals surface area contributed by atoms with Gasteiger partial charge in [-0.2, -0.15) is 0 Å². The number of benzene rings is 4. The zero-order valence-corrected chi connectivity index (χ0v) is 20.7. The topological polar surface area (TPSA) is 78.9 Å². The van der Waals surface area contributed by atoms with E-state index >= 15 is 0 Å². The van der Waals surface area contributed by atoms with E-state index in [-0.39, 0.29) is 0 Å². The van der Waals surface area contributed by atoms with Gasteiger partial charge in [0.1, 0.15) is 22.7 Å². The van der Waals surface area contributed by atoms with Crippen LogP contribution in [0.1, 0.15) is 0 Å². The number of fused-ring (bicyclic) bond motifs is 2. The molecule has 0 bridgehead atoms. The summed E-state index contributed by atoms with van der Waals surface area (Å²) in [6.45, 7) is 0. The molecule has 2 aromatic heterocycles. The Hall–Kier alpha value is -5.10. The number of hydrogen-bond acceptors (Lipinski definition) is 6. The number of para-hydroxylation sites is 1. The van der Waals surface area contributed by atoms with Crippen LogP contribution in [-0.4, -0.2) is 14.2 Å². The average molecular weight is 503 g/mol. The van der Waals surface area contributed by atoms with E-state index in [1.807, 2.05) is 72.8 Å². The highest BCUT2D eigenvalue weighted by molar-refractivity contribution is 5.89. The molecule has 0 N–H and O–H groups in total. The summed E-state index contributed by atoms with van der Waals surface area (Å²) in [5, 5.41) is 1.52. The fourth-order valence-electron chi connectivity index (χ4n) is 4.65. The van der Waals surface area contributed by atoms with E-state index in [0.29, 0.717) is 44.7 Å². The molecule has 186 valence electrons. The van der Waals surface area contributed by atoms with E-state index in [9.17, 15) is 9.59 Å². The predicted molar refractivity (Wildman–Crippen MR) is 148 cm³/mol. The maximum absolute atomic E-state index is 13.0. The van der Waals surface area contributed by atoms with Gasteiger partial charge >= 0.3 is 11.3 Å². The Labute approximate surface area is 217 Å². The molecular weight excluding hydrogens is 480 g/mol. The molecule has 0 aliphatic rings. The Balaban J connectivity index is 1.44. The third-order valence-electron chi connectivity index (χ3n) is 6.57. The fraction of sp³-hybridized carbons (Fsp3) is 0.0625. The summed E-state index contributed by atoms with van der Waals surface area (Å²) in [6, 6.07) is 29.8. The Kier molecular flexibility index (Phi) is 5.77. The zero-order chi connectivity index (χ0) is 26.2. The lowest BCUT2D eigenvalue weighted by atomic mass is 9.96. The van der Waals surface area contributed by atoms with Crippen molar-refractivity contribution in [2.75, 3.05) is 14.2 Å². The Morgan fingerprint density at radius 1 is 0.553 bits per heavy atom. The Bertz CT molecular complexity index is 1950. The first-order valence-electron chi connectivity index (χ1n) is 12.0. The quantitative estimate of drug-likeness (QED) is 0.238. The van der Waals surface area contributed by atoms with Crippen LogP contribution in [-0.2, 0) is 0 Å². The van der Waals surface area contributed by atoms with Gasteiger partial charge in [-0.05, 0) is 52.6 Å². The van der Waals surface area contributed by atoms with Gasteiger partial charge in [0, 0.05) is 17.5 Å². The molecule has 4 aromatic carbocycles. The molecule has 0 saturated carbocycles. The summed E-state index contributed by atoms with van der Waals surface area (Å²) in [5.41, 5.74) is 4.19. The SMILES string of the molecule is COc1cc(OC)c2cc(-c3cccc(-c4cccc(-c5cc6ccccc6oc5=O)c4)c3)c(=O)oc2c1. The van der Waals surface area contributed by atoms with Crippen LogP contribution in [0.3, 0.4) is 0 Å². The molecule has 0 atom stereocenters. The van der Waals surface area contributed by atoms with Crippen molar-refractivity contribution >= 4 is 21.9 Å². The van der Waals surface area contributed by atoms with Crippen LogP contribution >= 0.6 is 0 Å². The van der Waals surface area contributed by atoms with E-state index in [0.717, 1.165) is 22.1 Å². The summed E-state index contributed by atoms with van der Waals surface area (Å²) >= 11 is 0. The van der Waals surface area contributed by atoms with Crippen molar-refractivity contribution in [2.24, 2.45) is 0 Å². The molecule has 38 heavy (non-hydrogen) atoms. The minimum Gasteiger partial charge on any atom is -0.496 e. The highest BCUT2D eigenvalue weighted by atomic mass is 16.5. The molecule has 0 amide bonds. The maximum atomic E-state index is 13.0. The first-order valence-corrected chi connectivity index (χ1v) is 12.0. The lowest BCUT2D eigenvalue weighted by Crippen LogP contribution is -2.03. The van der Waals surface area contributed by atoms with Crippen LogP contribution in [0.15, 0.2) is 115 Å². The molecule has 6 nitrogen and oxygen atoms in total. The van der Waals surface area contributed by atoms with Crippen LogP contribution in [0.2, 0.25) is 0 Å². The van der Waals surface area contributed by atoms with Gasteiger partial charge in [0.15, 0.2) is 0 Å². The summed E-state index contributed by atoms with van der Waals surface area (Å²) < 4.78 is 22.0. The minimum absolute atomic E-state index is 0.382. The summed E-state index contributed by atoms with van der Waals surface area (Å²) in [4.78, 5) is 25.7. The molecule has 0 saturated heterocycles. The van der Waals surface area contributed by atoms with Crippen molar-refractivity contribution in [3.63, 3.8) is 0 Å². The first-order chi connectivity index (χ1) is 18.5. The van der Waals surface area contributed by atoms with Crippen molar-refractivity contribution in [3.8, 4) is 44.9 Å². The van der Waals surface area contributed by atoms with Gasteiger partial charge in [0.2, 0.25) is 0 Å². The number of hydrogen-bond donors (Lipinski definition) is 0. The van der Waals surface area contributed by atoms with E-state index < -0.39 is 11.3 Å². The van der Waals surface area contributed by atoms with Gasteiger partial charge in [-0.15, -0.1) is 0 Å². The molecule has 2 heterocycles. The monoisotopic (exact) mass is 502 g/mol. The molecular formula is C32H22O6. The zero-order valence-electron chi connectivity index (χ0n) is 20.7. The van der Waals surface area contributed by atoms with E-state index in [1.165, 1.54) is 0 Å². The predicted octanol–water partition coefficient (Wildman–Crippen LogP) is 6.92. The highest BCUT2D eigenvalue weighted by Crippen LogP contribution is 2.34. The van der Waals surface area contributed by atoms with Gasteiger partial charge in [-0.25, -0.2) is 9.59 Å². The first kappa shape index (κ1) is 23.3. The third-order valence-corrected chi connectivity index (χ3v) is 6.57. The third kappa shape index (κ3) is 4.12. The van der Waals surface area contributed by atoms with Gasteiger partial charge < -0.3 is 18.3 Å². The van der Waals surface area contributed by atoms with Crippen molar-refractivity contribution in [1.29, 1.82) is 0 Å². The molecule has 6 heteroatoms. The van der Waals surface area contributed by atoms with Crippen LogP contribution in [0.25, 0.3) is 55.3 Å².